The van der Waals surface area contributed by atoms with E-state index in [0.29, 0.717) is 6.61 Å². The Balaban J connectivity index is 0.000000861. The van der Waals surface area contributed by atoms with Crippen molar-refractivity contribution in [3.05, 3.63) is 63.6 Å². The molecule has 0 aromatic heterocycles. The summed E-state index contributed by atoms with van der Waals surface area (Å²) in [6, 6.07) is 14.4. The van der Waals surface area contributed by atoms with Crippen LogP contribution in [0.25, 0.3) is 0 Å². The summed E-state index contributed by atoms with van der Waals surface area (Å²) in [6.07, 6.45) is 0. The van der Waals surface area contributed by atoms with Gasteiger partial charge in [0.25, 0.3) is 0 Å². The van der Waals surface area contributed by atoms with Crippen molar-refractivity contribution in [1.29, 1.82) is 0 Å². The monoisotopic (exact) mass is 320 g/mol. The Morgan fingerprint density at radius 3 is 2.21 bits per heavy atom. The maximum Gasteiger partial charge on any atom is 0.123 e. The molecule has 2 heteroatoms. The van der Waals surface area contributed by atoms with Crippen LogP contribution in [0.5, 0.6) is 5.75 Å². The van der Waals surface area contributed by atoms with Gasteiger partial charge in [0.2, 0.25) is 0 Å². The third-order valence-corrected chi connectivity index (χ3v) is 3.55. The highest BCUT2D eigenvalue weighted by molar-refractivity contribution is 9.10. The van der Waals surface area contributed by atoms with Crippen molar-refractivity contribution >= 4 is 15.9 Å². The molecule has 1 nitrogen and oxygen atoms in total. The molecule has 0 bridgehead atoms. The normalized spacial score (nSPS) is 9.53. The first kappa shape index (κ1) is 15.8. The van der Waals surface area contributed by atoms with Crippen molar-refractivity contribution in [2.75, 3.05) is 0 Å². The van der Waals surface area contributed by atoms with E-state index in [-0.39, 0.29) is 0 Å². The first-order chi connectivity index (χ1) is 9.16. The molecule has 0 saturated heterocycles. The molecule has 0 saturated carbocycles. The molecule has 0 heterocycles. The summed E-state index contributed by atoms with van der Waals surface area (Å²) < 4.78 is 6.92. The van der Waals surface area contributed by atoms with Crippen LogP contribution in [0.15, 0.2) is 46.9 Å². The van der Waals surface area contributed by atoms with Crippen LogP contribution < -0.4 is 4.74 Å². The summed E-state index contributed by atoms with van der Waals surface area (Å²) in [5.74, 6) is 0.936. The van der Waals surface area contributed by atoms with Crippen LogP contribution in [-0.4, -0.2) is 0 Å². The fraction of sp³-hybridized carbons (Fsp3) is 0.294. The highest BCUT2D eigenvalue weighted by atomic mass is 79.9. The van der Waals surface area contributed by atoms with Gasteiger partial charge in [0.15, 0.2) is 0 Å². The maximum atomic E-state index is 5.83. The van der Waals surface area contributed by atoms with Crippen molar-refractivity contribution in [2.45, 2.75) is 34.3 Å². The molecule has 0 unspecified atom stereocenters. The predicted molar refractivity (Wildman–Crippen MR) is 85.7 cm³/mol. The quantitative estimate of drug-likeness (QED) is 0.707. The van der Waals surface area contributed by atoms with Gasteiger partial charge in [-0.15, -0.1) is 0 Å². The van der Waals surface area contributed by atoms with E-state index in [9.17, 15) is 0 Å². The second kappa shape index (κ2) is 8.00. The van der Waals surface area contributed by atoms with Crippen LogP contribution in [0.4, 0.5) is 0 Å². The van der Waals surface area contributed by atoms with Crippen LogP contribution in [0.1, 0.15) is 30.5 Å². The minimum atomic E-state index is 0.608. The van der Waals surface area contributed by atoms with Crippen LogP contribution in [-0.2, 0) is 6.61 Å². The maximum absolute atomic E-state index is 5.83. The van der Waals surface area contributed by atoms with Gasteiger partial charge in [-0.1, -0.05) is 66.2 Å². The van der Waals surface area contributed by atoms with Crippen LogP contribution >= 0.6 is 15.9 Å². The van der Waals surface area contributed by atoms with Crippen LogP contribution in [0, 0.1) is 13.8 Å². The minimum absolute atomic E-state index is 0.608. The summed E-state index contributed by atoms with van der Waals surface area (Å²) in [6.45, 7) is 8.76. The van der Waals surface area contributed by atoms with E-state index in [4.69, 9.17) is 4.74 Å². The van der Waals surface area contributed by atoms with Gasteiger partial charge in [0.05, 0.1) is 0 Å². The Morgan fingerprint density at radius 1 is 0.947 bits per heavy atom. The van der Waals surface area contributed by atoms with Gasteiger partial charge in [-0.2, -0.15) is 0 Å². The molecule has 102 valence electrons. The molecular weight excluding hydrogens is 300 g/mol. The molecule has 0 N–H and O–H groups in total. The minimum Gasteiger partial charge on any atom is -0.489 e. The SMILES string of the molecule is CC.Cc1cc(C)c(OCc2ccccc2)cc1Br. The van der Waals surface area contributed by atoms with Crippen molar-refractivity contribution in [3.63, 3.8) is 0 Å². The zero-order chi connectivity index (χ0) is 14.3. The summed E-state index contributed by atoms with van der Waals surface area (Å²) >= 11 is 3.53. The van der Waals surface area contributed by atoms with E-state index in [2.05, 4.69) is 48.0 Å². The van der Waals surface area contributed by atoms with E-state index < -0.39 is 0 Å². The molecule has 0 aliphatic heterocycles. The van der Waals surface area contributed by atoms with E-state index in [1.54, 1.807) is 0 Å². The fourth-order valence-electron chi connectivity index (χ4n) is 1.70. The van der Waals surface area contributed by atoms with E-state index in [1.165, 1.54) is 16.7 Å². The number of benzene rings is 2. The number of aryl methyl sites for hydroxylation is 2. The molecule has 0 aliphatic rings. The van der Waals surface area contributed by atoms with Crippen LogP contribution in [0.2, 0.25) is 0 Å². The average molecular weight is 321 g/mol. The van der Waals surface area contributed by atoms with Crippen molar-refractivity contribution in [3.8, 4) is 5.75 Å². The van der Waals surface area contributed by atoms with Gasteiger partial charge < -0.3 is 4.74 Å². The molecule has 0 fully saturated rings. The number of hydrogen-bond donors (Lipinski definition) is 0. The summed E-state index contributed by atoms with van der Waals surface area (Å²) in [5, 5.41) is 0. The Morgan fingerprint density at radius 2 is 1.58 bits per heavy atom. The standard InChI is InChI=1S/C15H15BrO.C2H6/c1-11-8-12(2)15(9-14(11)16)17-10-13-6-4-3-5-7-13;1-2/h3-9H,10H2,1-2H3;1-2H3. The molecule has 0 spiro atoms. The van der Waals surface area contributed by atoms with Gasteiger partial charge in [-0.05, 0) is 36.6 Å². The zero-order valence-corrected chi connectivity index (χ0v) is 13.6. The molecule has 2 aromatic carbocycles. The molecular formula is C17H21BrO. The van der Waals surface area contributed by atoms with Crippen LogP contribution in [0.3, 0.4) is 0 Å². The lowest BCUT2D eigenvalue weighted by Crippen LogP contribution is -1.97. The summed E-state index contributed by atoms with van der Waals surface area (Å²) in [5.41, 5.74) is 3.58. The highest BCUT2D eigenvalue weighted by Gasteiger charge is 2.04. The molecule has 2 rings (SSSR count). The first-order valence-corrected chi connectivity index (χ1v) is 7.39. The smallest absolute Gasteiger partial charge is 0.123 e. The lowest BCUT2D eigenvalue weighted by atomic mass is 10.1. The molecule has 0 radical (unpaired) electrons. The Kier molecular flexibility index (Phi) is 6.65. The third-order valence-electron chi connectivity index (χ3n) is 2.69. The first-order valence-electron chi connectivity index (χ1n) is 6.60. The van der Waals surface area contributed by atoms with Gasteiger partial charge in [0.1, 0.15) is 12.4 Å². The molecule has 0 aliphatic carbocycles. The van der Waals surface area contributed by atoms with Gasteiger partial charge in [0, 0.05) is 4.47 Å². The van der Waals surface area contributed by atoms with Crippen molar-refractivity contribution < 1.29 is 4.74 Å². The summed E-state index contributed by atoms with van der Waals surface area (Å²) in [4.78, 5) is 0. The van der Waals surface area contributed by atoms with Crippen molar-refractivity contribution in [1.82, 2.24) is 0 Å². The van der Waals surface area contributed by atoms with E-state index in [1.807, 2.05) is 38.1 Å². The number of halogens is 1. The second-order valence-electron chi connectivity index (χ2n) is 4.14. The lowest BCUT2D eigenvalue weighted by Gasteiger charge is -2.11. The third kappa shape index (κ3) is 4.71. The van der Waals surface area contributed by atoms with Gasteiger partial charge >= 0.3 is 0 Å². The Hall–Kier alpha value is -1.28. The average Bonchev–Trinajstić information content (AvgIpc) is 2.45. The van der Waals surface area contributed by atoms with Crippen molar-refractivity contribution in [2.24, 2.45) is 0 Å². The van der Waals surface area contributed by atoms with E-state index >= 15 is 0 Å². The summed E-state index contributed by atoms with van der Waals surface area (Å²) in [7, 11) is 0. The second-order valence-corrected chi connectivity index (χ2v) is 5.00. The van der Waals surface area contributed by atoms with Gasteiger partial charge in [-0.3, -0.25) is 0 Å². The largest absolute Gasteiger partial charge is 0.489 e. The molecule has 19 heavy (non-hydrogen) atoms. The molecule has 0 amide bonds. The van der Waals surface area contributed by atoms with E-state index in [0.717, 1.165) is 10.2 Å². The number of rotatable bonds is 3. The highest BCUT2D eigenvalue weighted by Crippen LogP contribution is 2.27. The fourth-order valence-corrected chi connectivity index (χ4v) is 2.02. The number of ether oxygens (including phenoxy) is 1. The Bertz CT molecular complexity index is 506. The number of hydrogen-bond acceptors (Lipinski definition) is 1. The zero-order valence-electron chi connectivity index (χ0n) is 12.0. The Labute approximate surface area is 124 Å². The topological polar surface area (TPSA) is 9.23 Å². The molecule has 2 aromatic rings. The lowest BCUT2D eigenvalue weighted by molar-refractivity contribution is 0.304. The molecule has 0 atom stereocenters. The predicted octanol–water partition coefficient (Wildman–Crippen LogP) is 5.67. The van der Waals surface area contributed by atoms with Gasteiger partial charge in [-0.25, -0.2) is 0 Å².